The van der Waals surface area contributed by atoms with Gasteiger partial charge < -0.3 is 0 Å². The molecule has 0 spiro atoms. The summed E-state index contributed by atoms with van der Waals surface area (Å²) in [6.07, 6.45) is 0.684. The molecule has 0 radical (unpaired) electrons. The molecule has 0 saturated heterocycles. The highest BCUT2D eigenvalue weighted by molar-refractivity contribution is 9.10. The first-order valence-electron chi connectivity index (χ1n) is 5.67. The smallest absolute Gasteiger partial charge is 0.123 e. The Morgan fingerprint density at radius 3 is 2.78 bits per heavy atom. The summed E-state index contributed by atoms with van der Waals surface area (Å²) in [7, 11) is 0. The van der Waals surface area contributed by atoms with Gasteiger partial charge in [0.25, 0.3) is 0 Å². The van der Waals surface area contributed by atoms with E-state index in [2.05, 4.69) is 22.0 Å². The molecule has 0 amide bonds. The standard InChI is InChI=1S/C15H9BrFN/c16-11-1-3-13-9(6-11)5-10(8-18)14-4-2-12(17)7-15(13)14/h1-4,6-7,10H,5H2. The number of halogens is 2. The first kappa shape index (κ1) is 11.4. The number of nitrogens with zero attached hydrogens (tertiary/aromatic N) is 1. The Hall–Kier alpha value is -1.66. The molecule has 3 heteroatoms. The van der Waals surface area contributed by atoms with E-state index in [1.54, 1.807) is 6.07 Å². The van der Waals surface area contributed by atoms with Gasteiger partial charge in [0, 0.05) is 4.47 Å². The Kier molecular flexibility index (Phi) is 2.68. The zero-order valence-electron chi connectivity index (χ0n) is 9.45. The average molecular weight is 302 g/mol. The first-order chi connectivity index (χ1) is 8.69. The Bertz CT molecular complexity index is 673. The van der Waals surface area contributed by atoms with Gasteiger partial charge >= 0.3 is 0 Å². The highest BCUT2D eigenvalue weighted by Gasteiger charge is 2.24. The van der Waals surface area contributed by atoms with Crippen molar-refractivity contribution in [3.05, 3.63) is 57.8 Å². The molecule has 0 saturated carbocycles. The number of benzene rings is 2. The quantitative estimate of drug-likeness (QED) is 0.707. The third kappa shape index (κ3) is 1.74. The Morgan fingerprint density at radius 1 is 1.17 bits per heavy atom. The Morgan fingerprint density at radius 2 is 2.00 bits per heavy atom. The van der Waals surface area contributed by atoms with Gasteiger partial charge in [-0.15, -0.1) is 0 Å². The summed E-state index contributed by atoms with van der Waals surface area (Å²) >= 11 is 3.43. The molecule has 0 heterocycles. The minimum absolute atomic E-state index is 0.192. The third-order valence-corrected chi connectivity index (χ3v) is 3.82. The molecule has 1 aliphatic carbocycles. The van der Waals surface area contributed by atoms with E-state index in [1.807, 2.05) is 18.2 Å². The molecule has 0 fully saturated rings. The van der Waals surface area contributed by atoms with Gasteiger partial charge in [0.1, 0.15) is 5.82 Å². The minimum Gasteiger partial charge on any atom is -0.207 e. The monoisotopic (exact) mass is 301 g/mol. The van der Waals surface area contributed by atoms with Gasteiger partial charge in [0.05, 0.1) is 12.0 Å². The van der Waals surface area contributed by atoms with Crippen molar-refractivity contribution in [2.24, 2.45) is 0 Å². The third-order valence-electron chi connectivity index (χ3n) is 3.33. The van der Waals surface area contributed by atoms with Gasteiger partial charge in [0.2, 0.25) is 0 Å². The van der Waals surface area contributed by atoms with E-state index in [4.69, 9.17) is 0 Å². The molecule has 88 valence electrons. The van der Waals surface area contributed by atoms with Crippen LogP contribution in [0.1, 0.15) is 17.0 Å². The summed E-state index contributed by atoms with van der Waals surface area (Å²) in [5, 5.41) is 9.25. The molecule has 0 N–H and O–H groups in total. The van der Waals surface area contributed by atoms with E-state index >= 15 is 0 Å². The van der Waals surface area contributed by atoms with Crippen LogP contribution in [0.15, 0.2) is 40.9 Å². The van der Waals surface area contributed by atoms with Crippen molar-refractivity contribution in [3.63, 3.8) is 0 Å². The maximum atomic E-state index is 13.4. The predicted octanol–water partition coefficient (Wildman–Crippen LogP) is 4.42. The molecule has 0 aromatic heterocycles. The van der Waals surface area contributed by atoms with Crippen LogP contribution in [0.25, 0.3) is 11.1 Å². The van der Waals surface area contributed by atoms with Crippen molar-refractivity contribution < 1.29 is 4.39 Å². The Labute approximate surface area is 113 Å². The summed E-state index contributed by atoms with van der Waals surface area (Å²) in [4.78, 5) is 0. The summed E-state index contributed by atoms with van der Waals surface area (Å²) < 4.78 is 14.4. The maximum Gasteiger partial charge on any atom is 0.123 e. The van der Waals surface area contributed by atoms with E-state index in [0.717, 1.165) is 26.7 Å². The van der Waals surface area contributed by atoms with Crippen LogP contribution in [0.5, 0.6) is 0 Å². The molecule has 18 heavy (non-hydrogen) atoms. The molecular formula is C15H9BrFN. The van der Waals surface area contributed by atoms with Crippen LogP contribution in [0.4, 0.5) is 4.39 Å². The number of hydrogen-bond donors (Lipinski definition) is 0. The molecule has 2 aromatic rings. The summed E-state index contributed by atoms with van der Waals surface area (Å²) in [5.41, 5.74) is 3.89. The Balaban J connectivity index is 2.29. The van der Waals surface area contributed by atoms with Crippen LogP contribution < -0.4 is 0 Å². The maximum absolute atomic E-state index is 13.4. The molecule has 0 bridgehead atoms. The van der Waals surface area contributed by atoms with Gasteiger partial charge in [0.15, 0.2) is 0 Å². The average Bonchev–Trinajstić information content (AvgIpc) is 2.37. The van der Waals surface area contributed by atoms with E-state index < -0.39 is 0 Å². The van der Waals surface area contributed by atoms with Crippen molar-refractivity contribution in [3.8, 4) is 17.2 Å². The second-order valence-electron chi connectivity index (χ2n) is 4.42. The number of rotatable bonds is 0. The van der Waals surface area contributed by atoms with Crippen molar-refractivity contribution in [2.45, 2.75) is 12.3 Å². The van der Waals surface area contributed by atoms with Gasteiger partial charge in [-0.05, 0) is 52.9 Å². The molecule has 2 aromatic carbocycles. The molecule has 1 nitrogen and oxygen atoms in total. The van der Waals surface area contributed by atoms with Gasteiger partial charge in [-0.25, -0.2) is 4.39 Å². The fraction of sp³-hybridized carbons (Fsp3) is 0.133. The summed E-state index contributed by atoms with van der Waals surface area (Å²) in [6.45, 7) is 0. The van der Waals surface area contributed by atoms with Crippen LogP contribution in [0.2, 0.25) is 0 Å². The molecule has 3 rings (SSSR count). The fourth-order valence-electron chi connectivity index (χ4n) is 2.50. The van der Waals surface area contributed by atoms with Crippen LogP contribution in [-0.2, 0) is 6.42 Å². The zero-order chi connectivity index (χ0) is 12.7. The van der Waals surface area contributed by atoms with E-state index in [1.165, 1.54) is 12.1 Å². The highest BCUT2D eigenvalue weighted by atomic mass is 79.9. The topological polar surface area (TPSA) is 23.8 Å². The molecule has 1 atom stereocenters. The predicted molar refractivity (Wildman–Crippen MR) is 71.6 cm³/mol. The second kappa shape index (κ2) is 4.22. The lowest BCUT2D eigenvalue weighted by molar-refractivity contribution is 0.626. The molecule has 0 aliphatic heterocycles. The van der Waals surface area contributed by atoms with Crippen molar-refractivity contribution in [1.82, 2.24) is 0 Å². The molecule has 1 aliphatic rings. The van der Waals surface area contributed by atoms with E-state index in [9.17, 15) is 9.65 Å². The number of hydrogen-bond acceptors (Lipinski definition) is 1. The second-order valence-corrected chi connectivity index (χ2v) is 5.33. The van der Waals surface area contributed by atoms with Crippen molar-refractivity contribution >= 4 is 15.9 Å². The highest BCUT2D eigenvalue weighted by Crippen LogP contribution is 2.40. The lowest BCUT2D eigenvalue weighted by atomic mass is 9.79. The van der Waals surface area contributed by atoms with Crippen LogP contribution >= 0.6 is 15.9 Å². The van der Waals surface area contributed by atoms with Crippen LogP contribution in [-0.4, -0.2) is 0 Å². The SMILES string of the molecule is N#CC1Cc2cc(Br)ccc2-c2cc(F)ccc21. The van der Waals surface area contributed by atoms with Crippen LogP contribution in [0, 0.1) is 17.1 Å². The van der Waals surface area contributed by atoms with E-state index in [-0.39, 0.29) is 11.7 Å². The lowest BCUT2D eigenvalue weighted by Crippen LogP contribution is -2.10. The summed E-state index contributed by atoms with van der Waals surface area (Å²) in [6, 6.07) is 12.9. The van der Waals surface area contributed by atoms with Crippen LogP contribution in [0.3, 0.4) is 0 Å². The van der Waals surface area contributed by atoms with Gasteiger partial charge in [-0.2, -0.15) is 5.26 Å². The zero-order valence-corrected chi connectivity index (χ0v) is 11.0. The van der Waals surface area contributed by atoms with Gasteiger partial charge in [-0.3, -0.25) is 0 Å². The largest absolute Gasteiger partial charge is 0.207 e. The lowest BCUT2D eigenvalue weighted by Gasteiger charge is -2.23. The van der Waals surface area contributed by atoms with Gasteiger partial charge in [-0.1, -0.05) is 28.1 Å². The normalized spacial score (nSPS) is 16.6. The van der Waals surface area contributed by atoms with Crippen molar-refractivity contribution in [2.75, 3.05) is 0 Å². The fourth-order valence-corrected chi connectivity index (χ4v) is 2.91. The first-order valence-corrected chi connectivity index (χ1v) is 6.46. The molecular weight excluding hydrogens is 293 g/mol. The number of fused-ring (bicyclic) bond motifs is 3. The molecule has 1 unspecified atom stereocenters. The summed E-state index contributed by atoms with van der Waals surface area (Å²) in [5.74, 6) is -0.455. The minimum atomic E-state index is -0.263. The van der Waals surface area contributed by atoms with E-state index in [0.29, 0.717) is 6.42 Å². The number of nitriles is 1. The van der Waals surface area contributed by atoms with Crippen molar-refractivity contribution in [1.29, 1.82) is 5.26 Å².